The second kappa shape index (κ2) is 8.48. The Bertz CT molecular complexity index is 493. The molecule has 3 rings (SSSR count). The SMILES string of the molecule is Cc1cnc(C(NC(=O)[C@@H]2CCC[C@@H]2CN)C2CC2)s1.Cl.Cl. The summed E-state index contributed by atoms with van der Waals surface area (Å²) in [5.74, 6) is 1.26. The normalized spacial score (nSPS) is 25.0. The molecule has 1 aromatic rings. The van der Waals surface area contributed by atoms with Crippen molar-refractivity contribution >= 4 is 42.1 Å². The number of hydrogen-bond donors (Lipinski definition) is 2. The van der Waals surface area contributed by atoms with Crippen LogP contribution in [0, 0.1) is 24.7 Å². The molecule has 4 nitrogen and oxygen atoms in total. The van der Waals surface area contributed by atoms with E-state index < -0.39 is 0 Å². The van der Waals surface area contributed by atoms with Gasteiger partial charge in [-0.25, -0.2) is 4.98 Å². The average Bonchev–Trinajstić information content (AvgIpc) is 2.99. The van der Waals surface area contributed by atoms with Crippen molar-refractivity contribution in [3.8, 4) is 0 Å². The van der Waals surface area contributed by atoms with Gasteiger partial charge in [0.25, 0.3) is 0 Å². The largest absolute Gasteiger partial charge is 0.346 e. The molecule has 2 fully saturated rings. The van der Waals surface area contributed by atoms with Crippen LogP contribution in [0.4, 0.5) is 0 Å². The molecule has 0 saturated heterocycles. The van der Waals surface area contributed by atoms with E-state index in [9.17, 15) is 4.79 Å². The van der Waals surface area contributed by atoms with Crippen LogP contribution in [-0.4, -0.2) is 17.4 Å². The molecule has 0 radical (unpaired) electrons. The molecule has 2 aliphatic rings. The smallest absolute Gasteiger partial charge is 0.224 e. The first-order chi connectivity index (χ1) is 9.69. The predicted octanol–water partition coefficient (Wildman–Crippen LogP) is 3.24. The van der Waals surface area contributed by atoms with Crippen LogP contribution in [0.3, 0.4) is 0 Å². The number of hydrogen-bond acceptors (Lipinski definition) is 4. The Morgan fingerprint density at radius 3 is 2.68 bits per heavy atom. The van der Waals surface area contributed by atoms with Gasteiger partial charge in [0, 0.05) is 17.0 Å². The Morgan fingerprint density at radius 2 is 2.14 bits per heavy atom. The fourth-order valence-electron chi connectivity index (χ4n) is 3.25. The maximum atomic E-state index is 12.5. The number of carbonyl (C=O) groups excluding carboxylic acids is 1. The highest BCUT2D eigenvalue weighted by Gasteiger charge is 2.38. The van der Waals surface area contributed by atoms with Crippen LogP contribution in [0.15, 0.2) is 6.20 Å². The topological polar surface area (TPSA) is 68.0 Å². The van der Waals surface area contributed by atoms with Gasteiger partial charge >= 0.3 is 0 Å². The summed E-state index contributed by atoms with van der Waals surface area (Å²) in [6.07, 6.45) is 7.52. The molecule has 3 atom stereocenters. The predicted molar refractivity (Wildman–Crippen MR) is 94.8 cm³/mol. The van der Waals surface area contributed by atoms with Crippen molar-refractivity contribution in [1.82, 2.24) is 10.3 Å². The van der Waals surface area contributed by atoms with Crippen LogP contribution < -0.4 is 11.1 Å². The zero-order valence-corrected chi connectivity index (χ0v) is 15.2. The van der Waals surface area contributed by atoms with E-state index in [-0.39, 0.29) is 42.7 Å². The number of aromatic nitrogens is 1. The van der Waals surface area contributed by atoms with Crippen LogP contribution in [0.2, 0.25) is 0 Å². The molecule has 0 aromatic carbocycles. The average molecular weight is 366 g/mol. The van der Waals surface area contributed by atoms with Gasteiger partial charge in [0.15, 0.2) is 0 Å². The minimum atomic E-state index is 0. The number of nitrogens with zero attached hydrogens (tertiary/aromatic N) is 1. The summed E-state index contributed by atoms with van der Waals surface area (Å²) >= 11 is 1.70. The highest BCUT2D eigenvalue weighted by Crippen LogP contribution is 2.42. The number of aryl methyl sites for hydroxylation is 1. The lowest BCUT2D eigenvalue weighted by atomic mass is 9.95. The minimum Gasteiger partial charge on any atom is -0.346 e. The van der Waals surface area contributed by atoms with E-state index in [1.807, 2.05) is 6.20 Å². The quantitative estimate of drug-likeness (QED) is 0.841. The molecule has 1 unspecified atom stereocenters. The fraction of sp³-hybridized carbons (Fsp3) is 0.733. The number of amides is 1. The lowest BCUT2D eigenvalue weighted by molar-refractivity contribution is -0.126. The Kier molecular flexibility index (Phi) is 7.59. The number of thiazole rings is 1. The van der Waals surface area contributed by atoms with E-state index in [4.69, 9.17) is 5.73 Å². The molecule has 1 amide bonds. The third kappa shape index (κ3) is 4.34. The lowest BCUT2D eigenvalue weighted by Crippen LogP contribution is -2.38. The molecule has 2 aliphatic carbocycles. The van der Waals surface area contributed by atoms with Gasteiger partial charge in [0.1, 0.15) is 5.01 Å². The van der Waals surface area contributed by atoms with Crippen LogP contribution >= 0.6 is 36.2 Å². The Labute approximate surface area is 148 Å². The first kappa shape index (κ1) is 19.7. The summed E-state index contributed by atoms with van der Waals surface area (Å²) in [5, 5.41) is 4.34. The van der Waals surface area contributed by atoms with E-state index in [1.54, 1.807) is 11.3 Å². The Morgan fingerprint density at radius 1 is 1.41 bits per heavy atom. The number of halogens is 2. The van der Waals surface area contributed by atoms with Gasteiger partial charge in [-0.05, 0) is 51.0 Å². The molecule has 7 heteroatoms. The number of nitrogens with two attached hydrogens (primary N) is 1. The minimum absolute atomic E-state index is 0. The van der Waals surface area contributed by atoms with E-state index in [2.05, 4.69) is 17.2 Å². The summed E-state index contributed by atoms with van der Waals surface area (Å²) in [4.78, 5) is 18.2. The highest BCUT2D eigenvalue weighted by atomic mass is 35.5. The second-order valence-corrected chi connectivity index (χ2v) is 7.43. The maximum absolute atomic E-state index is 12.5. The summed E-state index contributed by atoms with van der Waals surface area (Å²) in [7, 11) is 0. The Hall–Kier alpha value is -0.360. The van der Waals surface area contributed by atoms with E-state index in [0.29, 0.717) is 18.4 Å². The molecule has 126 valence electrons. The molecule has 1 aromatic heterocycles. The van der Waals surface area contributed by atoms with Crippen molar-refractivity contribution in [2.75, 3.05) is 6.54 Å². The van der Waals surface area contributed by atoms with Crippen molar-refractivity contribution in [2.45, 2.75) is 45.1 Å². The number of rotatable bonds is 5. The summed E-state index contributed by atoms with van der Waals surface area (Å²) in [6, 6.07) is 0.125. The zero-order valence-electron chi connectivity index (χ0n) is 12.8. The van der Waals surface area contributed by atoms with Gasteiger partial charge in [-0.2, -0.15) is 0 Å². The van der Waals surface area contributed by atoms with E-state index >= 15 is 0 Å². The molecular weight excluding hydrogens is 341 g/mol. The van der Waals surface area contributed by atoms with Gasteiger partial charge in [-0.3, -0.25) is 4.79 Å². The summed E-state index contributed by atoms with van der Waals surface area (Å²) in [5.41, 5.74) is 5.79. The zero-order chi connectivity index (χ0) is 14.1. The van der Waals surface area contributed by atoms with Crippen molar-refractivity contribution in [3.63, 3.8) is 0 Å². The number of nitrogens with one attached hydrogen (secondary N) is 1. The monoisotopic (exact) mass is 365 g/mol. The molecule has 3 N–H and O–H groups in total. The third-order valence-electron chi connectivity index (χ3n) is 4.59. The van der Waals surface area contributed by atoms with Crippen molar-refractivity contribution < 1.29 is 4.79 Å². The first-order valence-corrected chi connectivity index (χ1v) is 8.43. The second-order valence-electron chi connectivity index (χ2n) is 6.17. The first-order valence-electron chi connectivity index (χ1n) is 7.62. The molecule has 2 saturated carbocycles. The van der Waals surface area contributed by atoms with Crippen LogP contribution in [0.25, 0.3) is 0 Å². The van der Waals surface area contributed by atoms with Gasteiger partial charge < -0.3 is 11.1 Å². The van der Waals surface area contributed by atoms with Gasteiger partial charge in [0.2, 0.25) is 5.91 Å². The molecular formula is C15H25Cl2N3OS. The van der Waals surface area contributed by atoms with Crippen LogP contribution in [0.5, 0.6) is 0 Å². The summed E-state index contributed by atoms with van der Waals surface area (Å²) in [6.45, 7) is 2.69. The van der Waals surface area contributed by atoms with Gasteiger partial charge in [0.05, 0.1) is 6.04 Å². The highest BCUT2D eigenvalue weighted by molar-refractivity contribution is 7.11. The van der Waals surface area contributed by atoms with Crippen LogP contribution in [-0.2, 0) is 4.79 Å². The van der Waals surface area contributed by atoms with Crippen molar-refractivity contribution in [3.05, 3.63) is 16.1 Å². The molecule has 0 bridgehead atoms. The third-order valence-corrected chi connectivity index (χ3v) is 5.59. The van der Waals surface area contributed by atoms with E-state index in [1.165, 1.54) is 17.7 Å². The Balaban J connectivity index is 0.00000121. The van der Waals surface area contributed by atoms with Crippen molar-refractivity contribution in [1.29, 1.82) is 0 Å². The van der Waals surface area contributed by atoms with Gasteiger partial charge in [-0.15, -0.1) is 36.2 Å². The molecule has 1 heterocycles. The number of carbonyl (C=O) groups is 1. The molecule has 0 aliphatic heterocycles. The fourth-order valence-corrected chi connectivity index (χ4v) is 4.17. The standard InChI is InChI=1S/C15H23N3OS.2ClH/c1-9-8-17-15(20-9)13(10-5-6-10)18-14(19)12-4-2-3-11(12)7-16;;/h8,10-13H,2-7,16H2,1H3,(H,18,19);2*1H/t11-,12-,13?;;/m1../s1. The summed E-state index contributed by atoms with van der Waals surface area (Å²) < 4.78 is 0. The van der Waals surface area contributed by atoms with E-state index in [0.717, 1.165) is 24.3 Å². The maximum Gasteiger partial charge on any atom is 0.224 e. The van der Waals surface area contributed by atoms with Gasteiger partial charge in [-0.1, -0.05) is 6.42 Å². The molecule has 0 spiro atoms. The van der Waals surface area contributed by atoms with Crippen molar-refractivity contribution in [2.24, 2.45) is 23.5 Å². The van der Waals surface area contributed by atoms with Crippen LogP contribution in [0.1, 0.15) is 48.0 Å². The molecule has 22 heavy (non-hydrogen) atoms. The lowest BCUT2D eigenvalue weighted by Gasteiger charge is -2.22.